The van der Waals surface area contributed by atoms with Crippen molar-refractivity contribution in [3.63, 3.8) is 0 Å². The van der Waals surface area contributed by atoms with Gasteiger partial charge in [-0.15, -0.1) is 0 Å². The Balaban J connectivity index is 1.66. The Hall–Kier alpha value is -1.42. The van der Waals surface area contributed by atoms with E-state index in [9.17, 15) is 4.79 Å². The lowest BCUT2D eigenvalue weighted by Crippen LogP contribution is -2.60. The van der Waals surface area contributed by atoms with Crippen LogP contribution in [0.25, 0.3) is 0 Å². The summed E-state index contributed by atoms with van der Waals surface area (Å²) >= 11 is 0. The lowest BCUT2D eigenvalue weighted by Gasteiger charge is -2.45. The van der Waals surface area contributed by atoms with Crippen LogP contribution in [-0.4, -0.2) is 34.4 Å². The molecule has 1 N–H and O–H groups in total. The zero-order valence-electron chi connectivity index (χ0n) is 11.3. The predicted octanol–water partition coefficient (Wildman–Crippen LogP) is 1.72. The van der Waals surface area contributed by atoms with Crippen LogP contribution in [0.5, 0.6) is 0 Å². The highest BCUT2D eigenvalue weighted by molar-refractivity contribution is 5.77. The Morgan fingerprint density at radius 2 is 2.05 bits per heavy atom. The van der Waals surface area contributed by atoms with Gasteiger partial charge in [-0.3, -0.25) is 14.7 Å². The summed E-state index contributed by atoms with van der Waals surface area (Å²) in [7, 11) is 0. The van der Waals surface area contributed by atoms with Crippen LogP contribution in [0.15, 0.2) is 24.5 Å². The fourth-order valence-electron chi connectivity index (χ4n) is 3.42. The fraction of sp³-hybridized carbons (Fsp3) is 0.600. The van der Waals surface area contributed by atoms with Crippen molar-refractivity contribution in [3.8, 4) is 0 Å². The Bertz CT molecular complexity index is 444. The summed E-state index contributed by atoms with van der Waals surface area (Å²) in [6, 6.07) is 4.14. The van der Waals surface area contributed by atoms with Crippen molar-refractivity contribution in [3.05, 3.63) is 30.1 Å². The molecule has 4 nitrogen and oxygen atoms in total. The van der Waals surface area contributed by atoms with Crippen molar-refractivity contribution in [1.29, 1.82) is 0 Å². The number of aromatic nitrogens is 1. The van der Waals surface area contributed by atoms with Crippen molar-refractivity contribution in [2.45, 2.75) is 44.2 Å². The first-order valence-corrected chi connectivity index (χ1v) is 7.18. The number of pyridine rings is 1. The molecule has 1 aromatic heterocycles. The summed E-state index contributed by atoms with van der Waals surface area (Å²) < 4.78 is 0. The van der Waals surface area contributed by atoms with Gasteiger partial charge in [0, 0.05) is 31.9 Å². The predicted molar refractivity (Wildman–Crippen MR) is 73.5 cm³/mol. The largest absolute Gasteiger partial charge is 0.349 e. The lowest BCUT2D eigenvalue weighted by atomic mass is 9.81. The molecule has 1 spiro atoms. The second-order valence-electron chi connectivity index (χ2n) is 5.85. The molecule has 0 radical (unpaired) electrons. The standard InChI is InChI=1S/C15H21N3O/c19-14-3-1-6-15(17-14)7-2-10-18(12-15)11-13-4-8-16-9-5-13/h4-5,8-9H,1-3,6-7,10-12H2,(H,17,19)/t15-/m1/s1. The minimum atomic E-state index is 0.0423. The summed E-state index contributed by atoms with van der Waals surface area (Å²) in [5.74, 6) is 0.233. The smallest absolute Gasteiger partial charge is 0.220 e. The highest BCUT2D eigenvalue weighted by atomic mass is 16.1. The van der Waals surface area contributed by atoms with E-state index in [1.165, 1.54) is 12.0 Å². The van der Waals surface area contributed by atoms with Gasteiger partial charge in [0.25, 0.3) is 0 Å². The molecule has 2 aliphatic rings. The van der Waals surface area contributed by atoms with Gasteiger partial charge in [-0.1, -0.05) is 0 Å². The van der Waals surface area contributed by atoms with E-state index < -0.39 is 0 Å². The van der Waals surface area contributed by atoms with E-state index in [0.717, 1.165) is 38.9 Å². The number of rotatable bonds is 2. The lowest BCUT2D eigenvalue weighted by molar-refractivity contribution is -0.126. The number of hydrogen-bond acceptors (Lipinski definition) is 3. The van der Waals surface area contributed by atoms with E-state index in [1.807, 2.05) is 12.4 Å². The quantitative estimate of drug-likeness (QED) is 0.879. The van der Waals surface area contributed by atoms with E-state index in [4.69, 9.17) is 0 Å². The number of amides is 1. The Morgan fingerprint density at radius 3 is 2.84 bits per heavy atom. The maximum atomic E-state index is 11.7. The second-order valence-corrected chi connectivity index (χ2v) is 5.85. The van der Waals surface area contributed by atoms with Gasteiger partial charge in [0.1, 0.15) is 0 Å². The van der Waals surface area contributed by atoms with Gasteiger partial charge in [-0.25, -0.2) is 0 Å². The van der Waals surface area contributed by atoms with Gasteiger partial charge in [0.2, 0.25) is 5.91 Å². The zero-order chi connectivity index (χ0) is 13.1. The summed E-state index contributed by atoms with van der Waals surface area (Å²) in [4.78, 5) is 18.2. The van der Waals surface area contributed by atoms with E-state index >= 15 is 0 Å². The molecule has 1 atom stereocenters. The van der Waals surface area contributed by atoms with Crippen LogP contribution in [0, 0.1) is 0 Å². The van der Waals surface area contributed by atoms with Crippen LogP contribution in [0.3, 0.4) is 0 Å². The SMILES string of the molecule is O=C1CCC[C@]2(CCCN(Cc3ccncc3)C2)N1. The molecule has 4 heteroatoms. The first-order chi connectivity index (χ1) is 9.26. The molecule has 19 heavy (non-hydrogen) atoms. The molecule has 0 bridgehead atoms. The van der Waals surface area contributed by atoms with E-state index in [0.29, 0.717) is 6.42 Å². The molecule has 3 heterocycles. The third-order valence-corrected chi connectivity index (χ3v) is 4.28. The summed E-state index contributed by atoms with van der Waals surface area (Å²) in [6.45, 7) is 3.07. The highest BCUT2D eigenvalue weighted by Crippen LogP contribution is 2.30. The van der Waals surface area contributed by atoms with Crippen molar-refractivity contribution < 1.29 is 4.79 Å². The summed E-state index contributed by atoms with van der Waals surface area (Å²) in [6.07, 6.45) is 8.86. The zero-order valence-corrected chi connectivity index (χ0v) is 11.3. The van der Waals surface area contributed by atoms with Crippen LogP contribution >= 0.6 is 0 Å². The van der Waals surface area contributed by atoms with Gasteiger partial charge >= 0.3 is 0 Å². The summed E-state index contributed by atoms with van der Waals surface area (Å²) in [5, 5.41) is 3.25. The third-order valence-electron chi connectivity index (χ3n) is 4.28. The average Bonchev–Trinajstić information content (AvgIpc) is 2.39. The van der Waals surface area contributed by atoms with Crippen LogP contribution in [0.4, 0.5) is 0 Å². The highest BCUT2D eigenvalue weighted by Gasteiger charge is 2.38. The number of hydrogen-bond donors (Lipinski definition) is 1. The van der Waals surface area contributed by atoms with Gasteiger partial charge in [-0.2, -0.15) is 0 Å². The first-order valence-electron chi connectivity index (χ1n) is 7.18. The maximum Gasteiger partial charge on any atom is 0.220 e. The number of likely N-dealkylation sites (tertiary alicyclic amines) is 1. The fourth-order valence-corrected chi connectivity index (χ4v) is 3.42. The molecule has 2 aliphatic heterocycles. The molecule has 2 saturated heterocycles. The van der Waals surface area contributed by atoms with E-state index in [-0.39, 0.29) is 11.4 Å². The van der Waals surface area contributed by atoms with Crippen molar-refractivity contribution >= 4 is 5.91 Å². The normalized spacial score (nSPS) is 28.3. The Morgan fingerprint density at radius 1 is 1.26 bits per heavy atom. The Kier molecular flexibility index (Phi) is 3.51. The van der Waals surface area contributed by atoms with Gasteiger partial charge < -0.3 is 5.32 Å². The van der Waals surface area contributed by atoms with Gasteiger partial charge in [0.15, 0.2) is 0 Å². The third kappa shape index (κ3) is 2.95. The maximum absolute atomic E-state index is 11.7. The van der Waals surface area contributed by atoms with Crippen LogP contribution in [0.2, 0.25) is 0 Å². The monoisotopic (exact) mass is 259 g/mol. The second kappa shape index (κ2) is 5.29. The van der Waals surface area contributed by atoms with E-state index in [1.54, 1.807) is 0 Å². The molecule has 0 aromatic carbocycles. The van der Waals surface area contributed by atoms with Crippen molar-refractivity contribution in [2.24, 2.45) is 0 Å². The number of carbonyl (C=O) groups is 1. The number of carbonyl (C=O) groups excluding carboxylic acids is 1. The minimum Gasteiger partial charge on any atom is -0.349 e. The van der Waals surface area contributed by atoms with Crippen LogP contribution in [-0.2, 0) is 11.3 Å². The van der Waals surface area contributed by atoms with Crippen molar-refractivity contribution in [2.75, 3.05) is 13.1 Å². The number of nitrogens with zero attached hydrogens (tertiary/aromatic N) is 2. The molecule has 1 amide bonds. The molecule has 0 aliphatic carbocycles. The summed E-state index contributed by atoms with van der Waals surface area (Å²) in [5.41, 5.74) is 1.34. The average molecular weight is 259 g/mol. The van der Waals surface area contributed by atoms with Gasteiger partial charge in [-0.05, 0) is 49.9 Å². The van der Waals surface area contributed by atoms with Crippen molar-refractivity contribution in [1.82, 2.24) is 15.2 Å². The topological polar surface area (TPSA) is 45.2 Å². The molecule has 2 fully saturated rings. The molecule has 0 saturated carbocycles. The molecule has 0 unspecified atom stereocenters. The van der Waals surface area contributed by atoms with E-state index in [2.05, 4.69) is 27.3 Å². The molecular formula is C15H21N3O. The Labute approximate surface area is 114 Å². The molecule has 102 valence electrons. The van der Waals surface area contributed by atoms with Crippen LogP contribution in [0.1, 0.15) is 37.7 Å². The molecular weight excluding hydrogens is 238 g/mol. The van der Waals surface area contributed by atoms with Gasteiger partial charge in [0.05, 0.1) is 5.54 Å². The van der Waals surface area contributed by atoms with Crippen LogP contribution < -0.4 is 5.32 Å². The number of nitrogens with one attached hydrogen (secondary N) is 1. The minimum absolute atomic E-state index is 0.0423. The molecule has 1 aromatic rings. The number of piperidine rings is 2. The first kappa shape index (κ1) is 12.6. The molecule has 3 rings (SSSR count).